The van der Waals surface area contributed by atoms with Crippen LogP contribution < -0.4 is 0 Å². The molecule has 1 aromatic carbocycles. The van der Waals surface area contributed by atoms with Crippen LogP contribution in [0.3, 0.4) is 0 Å². The summed E-state index contributed by atoms with van der Waals surface area (Å²) in [6.07, 6.45) is 3.24. The molecule has 0 radical (unpaired) electrons. The van der Waals surface area contributed by atoms with Crippen molar-refractivity contribution in [1.29, 1.82) is 0 Å². The Hall–Kier alpha value is -0.570. The van der Waals surface area contributed by atoms with E-state index in [4.69, 9.17) is 23.2 Å². The minimum absolute atomic E-state index is 0.0468. The number of likely N-dealkylation sites (tertiary alicyclic amines) is 1. The van der Waals surface area contributed by atoms with Crippen LogP contribution in [0.15, 0.2) is 18.2 Å². The summed E-state index contributed by atoms with van der Waals surface area (Å²) in [6, 6.07) is 5.59. The lowest BCUT2D eigenvalue weighted by Crippen LogP contribution is -2.43. The van der Waals surface area contributed by atoms with Gasteiger partial charge in [0.2, 0.25) is 0 Å². The highest BCUT2D eigenvalue weighted by atomic mass is 35.5. The Kier molecular flexibility index (Phi) is 4.66. The smallest absolute Gasteiger partial charge is 0.146 e. The first kappa shape index (κ1) is 13.9. The van der Waals surface area contributed by atoms with Crippen LogP contribution in [0.2, 0.25) is 10.0 Å². The van der Waals surface area contributed by atoms with Gasteiger partial charge in [-0.2, -0.15) is 0 Å². The van der Waals surface area contributed by atoms with E-state index < -0.39 is 0 Å². The molecule has 0 saturated carbocycles. The summed E-state index contributed by atoms with van der Waals surface area (Å²) in [4.78, 5) is 13.9. The van der Waals surface area contributed by atoms with Crippen molar-refractivity contribution in [2.24, 2.45) is 0 Å². The molecule has 4 heteroatoms. The van der Waals surface area contributed by atoms with Crippen molar-refractivity contribution in [2.45, 2.75) is 38.8 Å². The number of rotatable bonds is 3. The molecule has 0 spiro atoms. The van der Waals surface area contributed by atoms with Gasteiger partial charge in [-0.05, 0) is 44.0 Å². The summed E-state index contributed by atoms with van der Waals surface area (Å²) in [5, 5.41) is 1.32. The molecule has 0 aliphatic carbocycles. The van der Waals surface area contributed by atoms with Crippen LogP contribution in [-0.2, 0) is 11.3 Å². The molecule has 1 atom stereocenters. The summed E-state index contributed by atoms with van der Waals surface area (Å²) in [6.45, 7) is 3.36. The van der Waals surface area contributed by atoms with Crippen LogP contribution in [-0.4, -0.2) is 23.3 Å². The fraction of sp³-hybridized carbons (Fsp3) is 0.500. The highest BCUT2D eigenvalue weighted by Crippen LogP contribution is 2.25. The first-order valence-electron chi connectivity index (χ1n) is 6.26. The average molecular weight is 286 g/mol. The van der Waals surface area contributed by atoms with Crippen molar-refractivity contribution in [3.05, 3.63) is 33.8 Å². The Bertz CT molecular complexity index is 447. The molecule has 1 unspecified atom stereocenters. The zero-order valence-electron chi connectivity index (χ0n) is 10.5. The molecule has 2 nitrogen and oxygen atoms in total. The lowest BCUT2D eigenvalue weighted by atomic mass is 9.98. The van der Waals surface area contributed by atoms with E-state index in [1.54, 1.807) is 13.0 Å². The van der Waals surface area contributed by atoms with E-state index in [0.29, 0.717) is 10.0 Å². The number of halogens is 2. The third-order valence-electron chi connectivity index (χ3n) is 3.47. The van der Waals surface area contributed by atoms with Crippen LogP contribution in [0, 0.1) is 0 Å². The standard InChI is InChI=1S/C14H17Cl2NO/c1-10(18)14-4-2-3-7-17(14)9-11-5-6-12(15)8-13(11)16/h5-6,8,14H,2-4,7,9H2,1H3. The van der Waals surface area contributed by atoms with Gasteiger partial charge in [-0.25, -0.2) is 0 Å². The maximum Gasteiger partial charge on any atom is 0.146 e. The average Bonchev–Trinajstić information content (AvgIpc) is 2.33. The number of hydrogen-bond donors (Lipinski definition) is 0. The molecule has 0 aromatic heterocycles. The van der Waals surface area contributed by atoms with E-state index >= 15 is 0 Å². The molecular weight excluding hydrogens is 269 g/mol. The topological polar surface area (TPSA) is 20.3 Å². The third-order valence-corrected chi connectivity index (χ3v) is 4.06. The quantitative estimate of drug-likeness (QED) is 0.839. The van der Waals surface area contributed by atoms with E-state index in [1.165, 1.54) is 0 Å². The van der Waals surface area contributed by atoms with Crippen LogP contribution >= 0.6 is 23.2 Å². The summed E-state index contributed by atoms with van der Waals surface area (Å²) >= 11 is 12.1. The van der Waals surface area contributed by atoms with Gasteiger partial charge in [0.05, 0.1) is 6.04 Å². The summed E-state index contributed by atoms with van der Waals surface area (Å²) in [5.41, 5.74) is 1.04. The molecule has 1 aliphatic heterocycles. The molecule has 1 saturated heterocycles. The van der Waals surface area contributed by atoms with Gasteiger partial charge in [0, 0.05) is 16.6 Å². The molecule has 0 N–H and O–H groups in total. The van der Waals surface area contributed by atoms with Crippen LogP contribution in [0.4, 0.5) is 0 Å². The molecule has 1 heterocycles. The van der Waals surface area contributed by atoms with Crippen molar-refractivity contribution >= 4 is 29.0 Å². The minimum Gasteiger partial charge on any atom is -0.298 e. The molecule has 18 heavy (non-hydrogen) atoms. The normalized spacial score (nSPS) is 20.9. The van der Waals surface area contributed by atoms with Gasteiger partial charge < -0.3 is 0 Å². The monoisotopic (exact) mass is 285 g/mol. The minimum atomic E-state index is 0.0468. The first-order chi connectivity index (χ1) is 8.58. The number of carbonyl (C=O) groups is 1. The maximum atomic E-state index is 11.6. The first-order valence-corrected chi connectivity index (χ1v) is 7.02. The van der Waals surface area contributed by atoms with Gasteiger partial charge in [0.25, 0.3) is 0 Å². The van der Waals surface area contributed by atoms with Crippen molar-refractivity contribution in [1.82, 2.24) is 4.90 Å². The second kappa shape index (κ2) is 6.05. The van der Waals surface area contributed by atoms with E-state index in [2.05, 4.69) is 4.90 Å². The molecular formula is C14H17Cl2NO. The van der Waals surface area contributed by atoms with E-state index in [0.717, 1.165) is 37.9 Å². The summed E-state index contributed by atoms with van der Waals surface area (Å²) in [5.74, 6) is 0.250. The largest absolute Gasteiger partial charge is 0.298 e. The molecule has 1 aliphatic rings. The highest BCUT2D eigenvalue weighted by Gasteiger charge is 2.26. The summed E-state index contributed by atoms with van der Waals surface area (Å²) in [7, 11) is 0. The molecule has 0 bridgehead atoms. The van der Waals surface area contributed by atoms with Crippen LogP contribution in [0.5, 0.6) is 0 Å². The zero-order chi connectivity index (χ0) is 13.1. The predicted molar refractivity (Wildman–Crippen MR) is 75.2 cm³/mol. The Labute approximate surface area is 118 Å². The molecule has 0 amide bonds. The predicted octanol–water partition coefficient (Wildman–Crippen LogP) is 3.94. The Morgan fingerprint density at radius 3 is 2.83 bits per heavy atom. The molecule has 2 rings (SSSR count). The van der Waals surface area contributed by atoms with Gasteiger partial charge in [0.15, 0.2) is 0 Å². The van der Waals surface area contributed by atoms with Crippen molar-refractivity contribution in [3.8, 4) is 0 Å². The number of nitrogens with zero attached hydrogens (tertiary/aromatic N) is 1. The number of carbonyl (C=O) groups excluding carboxylic acids is 1. The van der Waals surface area contributed by atoms with Gasteiger partial charge in [0.1, 0.15) is 5.78 Å². The molecule has 1 fully saturated rings. The zero-order valence-corrected chi connectivity index (χ0v) is 12.0. The second-order valence-electron chi connectivity index (χ2n) is 4.83. The van der Waals surface area contributed by atoms with E-state index in [1.807, 2.05) is 12.1 Å². The number of piperidine rings is 1. The van der Waals surface area contributed by atoms with Gasteiger partial charge in [-0.3, -0.25) is 9.69 Å². The third kappa shape index (κ3) is 3.25. The number of Topliss-reactive ketones (excluding diaryl/α,β-unsaturated/α-hetero) is 1. The fourth-order valence-electron chi connectivity index (χ4n) is 2.51. The lowest BCUT2D eigenvalue weighted by Gasteiger charge is -2.34. The van der Waals surface area contributed by atoms with Crippen LogP contribution in [0.1, 0.15) is 31.7 Å². The number of ketones is 1. The summed E-state index contributed by atoms with van der Waals surface area (Å²) < 4.78 is 0. The Balaban J connectivity index is 2.13. The van der Waals surface area contributed by atoms with Gasteiger partial charge >= 0.3 is 0 Å². The van der Waals surface area contributed by atoms with Crippen molar-refractivity contribution in [3.63, 3.8) is 0 Å². The highest BCUT2D eigenvalue weighted by molar-refractivity contribution is 6.35. The van der Waals surface area contributed by atoms with Gasteiger partial charge in [-0.1, -0.05) is 35.7 Å². The lowest BCUT2D eigenvalue weighted by molar-refractivity contribution is -0.123. The van der Waals surface area contributed by atoms with E-state index in [9.17, 15) is 4.79 Å². The Morgan fingerprint density at radius 1 is 1.39 bits per heavy atom. The molecule has 98 valence electrons. The van der Waals surface area contributed by atoms with Gasteiger partial charge in [-0.15, -0.1) is 0 Å². The number of benzene rings is 1. The Morgan fingerprint density at radius 2 is 2.17 bits per heavy atom. The maximum absolute atomic E-state index is 11.6. The van der Waals surface area contributed by atoms with Crippen LogP contribution in [0.25, 0.3) is 0 Å². The van der Waals surface area contributed by atoms with E-state index in [-0.39, 0.29) is 11.8 Å². The molecule has 1 aromatic rings. The van der Waals surface area contributed by atoms with Crippen molar-refractivity contribution < 1.29 is 4.79 Å². The fourth-order valence-corrected chi connectivity index (χ4v) is 2.98. The second-order valence-corrected chi connectivity index (χ2v) is 5.67. The van der Waals surface area contributed by atoms with Crippen molar-refractivity contribution in [2.75, 3.05) is 6.54 Å². The number of hydrogen-bond acceptors (Lipinski definition) is 2. The SMILES string of the molecule is CC(=O)C1CCCCN1Cc1ccc(Cl)cc1Cl.